The number of hydrogen-bond acceptors (Lipinski definition) is 1. The molecule has 3 heteroatoms. The lowest BCUT2D eigenvalue weighted by Crippen LogP contribution is -2.22. The van der Waals surface area contributed by atoms with Crippen LogP contribution in [-0.2, 0) is 6.42 Å². The zero-order valence-electron chi connectivity index (χ0n) is 10.7. The summed E-state index contributed by atoms with van der Waals surface area (Å²) in [5, 5.41) is 4.26. The predicted octanol–water partition coefficient (Wildman–Crippen LogP) is 4.54. The molecular formula is C16H15ClFN. The molecule has 1 atom stereocenters. The molecule has 0 radical (unpaired) electrons. The number of rotatable bonds is 1. The molecule has 1 unspecified atom stereocenters. The maximum Gasteiger partial charge on any atom is 0.123 e. The first-order valence-electron chi connectivity index (χ1n) is 6.42. The first kappa shape index (κ1) is 12.5. The summed E-state index contributed by atoms with van der Waals surface area (Å²) in [5.74, 6) is 0.147. The third-order valence-electron chi connectivity index (χ3n) is 3.78. The van der Waals surface area contributed by atoms with E-state index in [1.165, 1.54) is 23.3 Å². The van der Waals surface area contributed by atoms with Gasteiger partial charge in [-0.2, -0.15) is 0 Å². The van der Waals surface area contributed by atoms with Crippen molar-refractivity contribution in [1.29, 1.82) is 0 Å². The summed E-state index contributed by atoms with van der Waals surface area (Å²) in [7, 11) is 0. The highest BCUT2D eigenvalue weighted by Crippen LogP contribution is 2.36. The van der Waals surface area contributed by atoms with Crippen LogP contribution < -0.4 is 5.32 Å². The Morgan fingerprint density at radius 2 is 1.89 bits per heavy atom. The Kier molecular flexibility index (Phi) is 3.19. The van der Waals surface area contributed by atoms with Crippen LogP contribution in [0.5, 0.6) is 0 Å². The van der Waals surface area contributed by atoms with Crippen LogP contribution in [0, 0.1) is 12.7 Å². The fourth-order valence-corrected chi connectivity index (χ4v) is 2.93. The largest absolute Gasteiger partial charge is 0.384 e. The van der Waals surface area contributed by atoms with E-state index in [1.807, 2.05) is 24.3 Å². The van der Waals surface area contributed by atoms with Crippen molar-refractivity contribution in [3.8, 4) is 0 Å². The van der Waals surface area contributed by atoms with Gasteiger partial charge in [0.15, 0.2) is 0 Å². The van der Waals surface area contributed by atoms with Crippen molar-refractivity contribution in [2.45, 2.75) is 19.3 Å². The van der Waals surface area contributed by atoms with Gasteiger partial charge in [-0.25, -0.2) is 4.39 Å². The Bertz CT molecular complexity index is 607. The molecule has 2 aromatic carbocycles. The maximum absolute atomic E-state index is 13.0. The van der Waals surface area contributed by atoms with Gasteiger partial charge < -0.3 is 5.32 Å². The lowest BCUT2D eigenvalue weighted by Gasteiger charge is -2.28. The Morgan fingerprint density at radius 3 is 2.63 bits per heavy atom. The minimum Gasteiger partial charge on any atom is -0.384 e. The highest BCUT2D eigenvalue weighted by Gasteiger charge is 2.22. The van der Waals surface area contributed by atoms with Crippen molar-refractivity contribution >= 4 is 17.3 Å². The van der Waals surface area contributed by atoms with Gasteiger partial charge >= 0.3 is 0 Å². The van der Waals surface area contributed by atoms with Gasteiger partial charge in [-0.15, -0.1) is 0 Å². The minimum atomic E-state index is -0.193. The number of halogens is 2. The summed E-state index contributed by atoms with van der Waals surface area (Å²) < 4.78 is 13.0. The minimum absolute atomic E-state index is 0.193. The molecule has 0 saturated heterocycles. The second-order valence-corrected chi connectivity index (χ2v) is 5.46. The van der Waals surface area contributed by atoms with Crippen LogP contribution in [0.15, 0.2) is 36.4 Å². The first-order valence-corrected chi connectivity index (χ1v) is 6.80. The van der Waals surface area contributed by atoms with E-state index in [2.05, 4.69) is 12.2 Å². The lowest BCUT2D eigenvalue weighted by atomic mass is 9.87. The molecule has 1 heterocycles. The van der Waals surface area contributed by atoms with Crippen LogP contribution in [0.2, 0.25) is 5.02 Å². The fourth-order valence-electron chi connectivity index (χ4n) is 2.70. The third kappa shape index (κ3) is 2.33. The Morgan fingerprint density at radius 1 is 1.16 bits per heavy atom. The van der Waals surface area contributed by atoms with E-state index >= 15 is 0 Å². The summed E-state index contributed by atoms with van der Waals surface area (Å²) in [6.07, 6.45) is 0.897. The van der Waals surface area contributed by atoms with Gasteiger partial charge in [-0.1, -0.05) is 29.8 Å². The van der Waals surface area contributed by atoms with Crippen molar-refractivity contribution in [3.05, 3.63) is 63.9 Å². The number of benzene rings is 2. The van der Waals surface area contributed by atoms with E-state index < -0.39 is 0 Å². The van der Waals surface area contributed by atoms with E-state index in [1.54, 1.807) is 0 Å². The molecule has 0 amide bonds. The standard InChI is InChI=1S/C16H15ClFN/c1-10-2-7-15(17)14-8-12(9-19-16(10)14)11-3-5-13(18)6-4-11/h2-7,12,19H,8-9H2,1H3. The zero-order valence-corrected chi connectivity index (χ0v) is 11.5. The highest BCUT2D eigenvalue weighted by atomic mass is 35.5. The Hall–Kier alpha value is -1.54. The van der Waals surface area contributed by atoms with E-state index in [4.69, 9.17) is 11.6 Å². The highest BCUT2D eigenvalue weighted by molar-refractivity contribution is 6.31. The Labute approximate surface area is 117 Å². The molecule has 0 fully saturated rings. The summed E-state index contributed by atoms with van der Waals surface area (Å²) in [4.78, 5) is 0. The van der Waals surface area contributed by atoms with Gasteiger partial charge in [0.2, 0.25) is 0 Å². The second kappa shape index (κ2) is 4.86. The number of hydrogen-bond donors (Lipinski definition) is 1. The molecule has 19 heavy (non-hydrogen) atoms. The molecule has 0 spiro atoms. The van der Waals surface area contributed by atoms with Gasteiger partial charge in [0.1, 0.15) is 5.82 Å². The molecule has 1 aliphatic heterocycles. The smallest absolute Gasteiger partial charge is 0.123 e. The molecule has 0 aromatic heterocycles. The molecule has 1 nitrogen and oxygen atoms in total. The second-order valence-electron chi connectivity index (χ2n) is 5.05. The average Bonchev–Trinajstić information content (AvgIpc) is 2.43. The van der Waals surface area contributed by atoms with Crippen molar-refractivity contribution in [2.75, 3.05) is 11.9 Å². The molecule has 3 rings (SSSR count). The zero-order chi connectivity index (χ0) is 13.4. The van der Waals surface area contributed by atoms with Crippen LogP contribution in [-0.4, -0.2) is 6.54 Å². The third-order valence-corrected chi connectivity index (χ3v) is 4.14. The number of aryl methyl sites for hydroxylation is 1. The van der Waals surface area contributed by atoms with E-state index in [9.17, 15) is 4.39 Å². The van der Waals surface area contributed by atoms with Gasteiger partial charge in [-0.3, -0.25) is 0 Å². The SMILES string of the molecule is Cc1ccc(Cl)c2c1NCC(c1ccc(F)cc1)C2. The van der Waals surface area contributed by atoms with Crippen molar-refractivity contribution in [3.63, 3.8) is 0 Å². The topological polar surface area (TPSA) is 12.0 Å². The molecule has 1 aliphatic rings. The summed E-state index contributed by atoms with van der Waals surface area (Å²) in [5.41, 5.74) is 4.70. The molecule has 2 aromatic rings. The van der Waals surface area contributed by atoms with Crippen LogP contribution in [0.4, 0.5) is 10.1 Å². The van der Waals surface area contributed by atoms with Gasteiger partial charge in [0, 0.05) is 23.2 Å². The van der Waals surface area contributed by atoms with E-state index in [-0.39, 0.29) is 5.82 Å². The molecule has 0 aliphatic carbocycles. The number of nitrogens with one attached hydrogen (secondary N) is 1. The molecular weight excluding hydrogens is 261 g/mol. The van der Waals surface area contributed by atoms with Gasteiger partial charge in [0.05, 0.1) is 0 Å². The summed E-state index contributed by atoms with van der Waals surface area (Å²) in [6.45, 7) is 2.94. The van der Waals surface area contributed by atoms with Crippen molar-refractivity contribution in [2.24, 2.45) is 0 Å². The van der Waals surface area contributed by atoms with E-state index in [0.29, 0.717) is 5.92 Å². The first-order chi connectivity index (χ1) is 9.15. The average molecular weight is 276 g/mol. The monoisotopic (exact) mass is 275 g/mol. The van der Waals surface area contributed by atoms with Crippen LogP contribution >= 0.6 is 11.6 Å². The normalized spacial score (nSPS) is 17.7. The maximum atomic E-state index is 13.0. The number of fused-ring (bicyclic) bond motifs is 1. The number of anilines is 1. The van der Waals surface area contributed by atoms with Crippen LogP contribution in [0.1, 0.15) is 22.6 Å². The summed E-state index contributed by atoms with van der Waals surface area (Å²) in [6, 6.07) is 10.7. The quantitative estimate of drug-likeness (QED) is 0.806. The summed E-state index contributed by atoms with van der Waals surface area (Å²) >= 11 is 6.29. The van der Waals surface area contributed by atoms with Crippen LogP contribution in [0.3, 0.4) is 0 Å². The van der Waals surface area contributed by atoms with Crippen LogP contribution in [0.25, 0.3) is 0 Å². The van der Waals surface area contributed by atoms with Crippen molar-refractivity contribution < 1.29 is 4.39 Å². The Balaban J connectivity index is 1.94. The van der Waals surface area contributed by atoms with Gasteiger partial charge in [-0.05, 0) is 48.2 Å². The van der Waals surface area contributed by atoms with E-state index in [0.717, 1.165) is 29.2 Å². The fraction of sp³-hybridized carbons (Fsp3) is 0.250. The molecule has 98 valence electrons. The van der Waals surface area contributed by atoms with Gasteiger partial charge in [0.25, 0.3) is 0 Å². The molecule has 1 N–H and O–H groups in total. The lowest BCUT2D eigenvalue weighted by molar-refractivity contribution is 0.623. The van der Waals surface area contributed by atoms with Crippen molar-refractivity contribution in [1.82, 2.24) is 0 Å². The molecule has 0 saturated carbocycles. The molecule has 0 bridgehead atoms. The predicted molar refractivity (Wildman–Crippen MR) is 77.5 cm³/mol.